The molecule has 21 heavy (non-hydrogen) atoms. The largest absolute Gasteiger partial charge is 0.326 e. The molecule has 0 spiro atoms. The highest BCUT2D eigenvalue weighted by Crippen LogP contribution is 2.29. The standard InChI is InChI=1S/C14H22BrN3O2S/c1-10-9-18(5-4-17(10)3)21(19,20)14-7-12(8-16)6-13(15)11(14)2/h6-7,10H,4-5,8-9,16H2,1-3H3. The molecule has 1 heterocycles. The summed E-state index contributed by atoms with van der Waals surface area (Å²) in [5.74, 6) is 0. The second-order valence-electron chi connectivity index (χ2n) is 5.60. The van der Waals surface area contributed by atoms with Gasteiger partial charge in [0, 0.05) is 36.7 Å². The number of benzene rings is 1. The van der Waals surface area contributed by atoms with Crippen LogP contribution in [0.1, 0.15) is 18.1 Å². The summed E-state index contributed by atoms with van der Waals surface area (Å²) < 4.78 is 28.2. The van der Waals surface area contributed by atoms with Gasteiger partial charge < -0.3 is 10.6 Å². The maximum atomic E-state index is 12.9. The minimum atomic E-state index is -3.48. The Kier molecular flexibility index (Phi) is 5.10. The average Bonchev–Trinajstić information content (AvgIpc) is 2.44. The van der Waals surface area contributed by atoms with Crippen LogP contribution in [-0.2, 0) is 16.6 Å². The number of sulfonamides is 1. The summed E-state index contributed by atoms with van der Waals surface area (Å²) in [4.78, 5) is 2.53. The lowest BCUT2D eigenvalue weighted by molar-refractivity contribution is 0.159. The molecule has 0 bridgehead atoms. The highest BCUT2D eigenvalue weighted by molar-refractivity contribution is 9.10. The van der Waals surface area contributed by atoms with Crippen molar-refractivity contribution in [2.24, 2.45) is 5.73 Å². The molecule has 7 heteroatoms. The molecule has 1 atom stereocenters. The molecule has 1 aromatic carbocycles. The van der Waals surface area contributed by atoms with Crippen molar-refractivity contribution in [3.8, 4) is 0 Å². The number of likely N-dealkylation sites (N-methyl/N-ethyl adjacent to an activating group) is 1. The van der Waals surface area contributed by atoms with E-state index in [2.05, 4.69) is 20.8 Å². The Morgan fingerprint density at radius 2 is 2.05 bits per heavy atom. The van der Waals surface area contributed by atoms with Crippen molar-refractivity contribution in [3.63, 3.8) is 0 Å². The molecule has 0 aliphatic carbocycles. The van der Waals surface area contributed by atoms with Gasteiger partial charge in [0.25, 0.3) is 0 Å². The number of nitrogens with two attached hydrogens (primary N) is 1. The fourth-order valence-electron chi connectivity index (χ4n) is 2.47. The topological polar surface area (TPSA) is 66.6 Å². The third-order valence-corrected chi connectivity index (χ3v) is 6.95. The van der Waals surface area contributed by atoms with Crippen molar-refractivity contribution < 1.29 is 8.42 Å². The third-order valence-electron chi connectivity index (χ3n) is 4.13. The van der Waals surface area contributed by atoms with Crippen LogP contribution in [0.3, 0.4) is 0 Å². The van der Waals surface area contributed by atoms with Crippen molar-refractivity contribution in [3.05, 3.63) is 27.7 Å². The van der Waals surface area contributed by atoms with E-state index in [1.54, 1.807) is 10.4 Å². The zero-order valence-corrected chi connectivity index (χ0v) is 15.0. The molecule has 1 saturated heterocycles. The quantitative estimate of drug-likeness (QED) is 0.869. The van der Waals surface area contributed by atoms with E-state index in [0.717, 1.165) is 22.1 Å². The van der Waals surface area contributed by atoms with E-state index >= 15 is 0 Å². The van der Waals surface area contributed by atoms with E-state index in [-0.39, 0.29) is 6.04 Å². The lowest BCUT2D eigenvalue weighted by Gasteiger charge is -2.37. The van der Waals surface area contributed by atoms with Gasteiger partial charge in [-0.25, -0.2) is 8.42 Å². The van der Waals surface area contributed by atoms with Crippen molar-refractivity contribution in [1.82, 2.24) is 9.21 Å². The number of halogens is 1. The molecule has 1 aromatic rings. The van der Waals surface area contributed by atoms with Crippen molar-refractivity contribution in [1.29, 1.82) is 0 Å². The second-order valence-corrected chi connectivity index (χ2v) is 8.36. The van der Waals surface area contributed by atoms with Crippen LogP contribution in [-0.4, -0.2) is 50.3 Å². The number of nitrogens with zero attached hydrogens (tertiary/aromatic N) is 2. The Balaban J connectivity index is 2.42. The molecule has 118 valence electrons. The minimum absolute atomic E-state index is 0.218. The van der Waals surface area contributed by atoms with Gasteiger partial charge in [-0.3, -0.25) is 0 Å². The zero-order chi connectivity index (χ0) is 15.8. The maximum absolute atomic E-state index is 12.9. The van der Waals surface area contributed by atoms with Gasteiger partial charge in [-0.15, -0.1) is 0 Å². The summed E-state index contributed by atoms with van der Waals surface area (Å²) in [6.45, 7) is 5.96. The lowest BCUT2D eigenvalue weighted by Crippen LogP contribution is -2.51. The molecule has 5 nitrogen and oxygen atoms in total. The molecule has 2 rings (SSSR count). The molecule has 1 aliphatic rings. The Labute approximate surface area is 135 Å². The van der Waals surface area contributed by atoms with Gasteiger partial charge in [0.15, 0.2) is 0 Å². The molecular formula is C14H22BrN3O2S. The Morgan fingerprint density at radius 3 is 2.62 bits per heavy atom. The van der Waals surface area contributed by atoms with Crippen LogP contribution < -0.4 is 5.73 Å². The van der Waals surface area contributed by atoms with Crippen LogP contribution in [0.25, 0.3) is 0 Å². The smallest absolute Gasteiger partial charge is 0.243 e. The molecule has 1 unspecified atom stereocenters. The van der Waals surface area contributed by atoms with E-state index in [0.29, 0.717) is 24.5 Å². The molecule has 0 saturated carbocycles. The monoisotopic (exact) mass is 375 g/mol. The SMILES string of the molecule is Cc1c(Br)cc(CN)cc1S(=O)(=O)N1CCN(C)C(C)C1. The van der Waals surface area contributed by atoms with Crippen molar-refractivity contribution >= 4 is 26.0 Å². The van der Waals surface area contributed by atoms with E-state index in [9.17, 15) is 8.42 Å². The number of rotatable bonds is 3. The predicted molar refractivity (Wildman–Crippen MR) is 87.6 cm³/mol. The summed E-state index contributed by atoms with van der Waals surface area (Å²) in [6.07, 6.45) is 0. The minimum Gasteiger partial charge on any atom is -0.326 e. The Hall–Kier alpha value is -0.470. The van der Waals surface area contributed by atoms with Crippen molar-refractivity contribution in [2.45, 2.75) is 31.3 Å². The average molecular weight is 376 g/mol. The molecule has 0 amide bonds. The lowest BCUT2D eigenvalue weighted by atomic mass is 10.1. The van der Waals surface area contributed by atoms with Gasteiger partial charge >= 0.3 is 0 Å². The maximum Gasteiger partial charge on any atom is 0.243 e. The van der Waals surface area contributed by atoms with Gasteiger partial charge in [0.2, 0.25) is 10.0 Å². The first kappa shape index (κ1) is 16.9. The highest BCUT2D eigenvalue weighted by Gasteiger charge is 2.32. The first-order valence-electron chi connectivity index (χ1n) is 6.97. The zero-order valence-electron chi connectivity index (χ0n) is 12.6. The number of hydrogen-bond donors (Lipinski definition) is 1. The van der Waals surface area contributed by atoms with Crippen LogP contribution in [0.4, 0.5) is 0 Å². The van der Waals surface area contributed by atoms with Crippen LogP contribution >= 0.6 is 15.9 Å². The normalized spacial score (nSPS) is 21.7. The fourth-order valence-corrected chi connectivity index (χ4v) is 4.91. The van der Waals surface area contributed by atoms with Crippen LogP contribution in [0.2, 0.25) is 0 Å². The van der Waals surface area contributed by atoms with Crippen LogP contribution in [0, 0.1) is 6.92 Å². The predicted octanol–water partition coefficient (Wildman–Crippen LogP) is 1.54. The van der Waals surface area contributed by atoms with Crippen LogP contribution in [0.15, 0.2) is 21.5 Å². The van der Waals surface area contributed by atoms with Gasteiger partial charge in [0.1, 0.15) is 0 Å². The summed E-state index contributed by atoms with van der Waals surface area (Å²) >= 11 is 3.43. The molecule has 1 fully saturated rings. The summed E-state index contributed by atoms with van der Waals surface area (Å²) in [7, 11) is -1.46. The third kappa shape index (κ3) is 3.32. The molecule has 0 aromatic heterocycles. The highest BCUT2D eigenvalue weighted by atomic mass is 79.9. The molecule has 2 N–H and O–H groups in total. The van der Waals surface area contributed by atoms with Gasteiger partial charge in [-0.05, 0) is 44.2 Å². The summed E-state index contributed by atoms with van der Waals surface area (Å²) in [5.41, 5.74) is 7.21. The molecule has 1 aliphatic heterocycles. The van der Waals surface area contributed by atoms with Gasteiger partial charge in [-0.1, -0.05) is 15.9 Å². The second kappa shape index (κ2) is 6.34. The van der Waals surface area contributed by atoms with Gasteiger partial charge in [0.05, 0.1) is 4.90 Å². The Bertz CT molecular complexity index is 633. The fraction of sp³-hybridized carbons (Fsp3) is 0.571. The Morgan fingerprint density at radius 1 is 1.38 bits per heavy atom. The summed E-state index contributed by atoms with van der Waals surface area (Å²) in [6, 6.07) is 3.79. The molecular weight excluding hydrogens is 354 g/mol. The first-order chi connectivity index (χ1) is 9.77. The van der Waals surface area contributed by atoms with E-state index in [1.807, 2.05) is 27.0 Å². The first-order valence-corrected chi connectivity index (χ1v) is 9.20. The summed E-state index contributed by atoms with van der Waals surface area (Å²) in [5, 5.41) is 0. The number of piperazine rings is 1. The number of hydrogen-bond acceptors (Lipinski definition) is 4. The van der Waals surface area contributed by atoms with Crippen molar-refractivity contribution in [2.75, 3.05) is 26.7 Å². The van der Waals surface area contributed by atoms with E-state index in [1.165, 1.54) is 0 Å². The molecule has 0 radical (unpaired) electrons. The van der Waals surface area contributed by atoms with E-state index in [4.69, 9.17) is 5.73 Å². The van der Waals surface area contributed by atoms with Gasteiger partial charge in [-0.2, -0.15) is 4.31 Å². The van der Waals surface area contributed by atoms with E-state index < -0.39 is 10.0 Å². The van der Waals surface area contributed by atoms with Crippen LogP contribution in [0.5, 0.6) is 0 Å².